The molecular formula is C7H4O3. The van der Waals surface area contributed by atoms with Crippen LogP contribution in [0.1, 0.15) is 15.9 Å². The molecule has 3 nitrogen and oxygen atoms in total. The van der Waals surface area contributed by atoms with Crippen molar-refractivity contribution in [3.05, 3.63) is 23.3 Å². The smallest absolute Gasteiger partial charge is 0.197 e. The van der Waals surface area contributed by atoms with Gasteiger partial charge >= 0.3 is 0 Å². The van der Waals surface area contributed by atoms with Crippen molar-refractivity contribution >= 4 is 5.78 Å². The van der Waals surface area contributed by atoms with E-state index in [4.69, 9.17) is 10.2 Å². The summed E-state index contributed by atoms with van der Waals surface area (Å²) in [6, 6.07) is 2.79. The Morgan fingerprint density at radius 1 is 1.20 bits per heavy atom. The first-order chi connectivity index (χ1) is 4.70. The van der Waals surface area contributed by atoms with E-state index >= 15 is 0 Å². The summed E-state index contributed by atoms with van der Waals surface area (Å²) in [5.74, 6) is -0.706. The third-order valence-electron chi connectivity index (χ3n) is 1.60. The van der Waals surface area contributed by atoms with E-state index in [1.807, 2.05) is 0 Å². The minimum Gasteiger partial charge on any atom is -0.504 e. The minimum atomic E-state index is -0.306. The predicted octanol–water partition coefficient (Wildman–Crippen LogP) is 0.642. The standard InChI is InChI=1S/C7H4O3/c8-5-2-3-1-4(6(3)9)7(5)10/h1-2,8,10H. The Morgan fingerprint density at radius 3 is 2.30 bits per heavy atom. The largest absolute Gasteiger partial charge is 0.504 e. The number of carbonyl (C=O) groups excluding carboxylic acids is 1. The molecule has 0 amide bonds. The molecule has 50 valence electrons. The molecule has 0 aliphatic heterocycles. The van der Waals surface area contributed by atoms with Crippen LogP contribution in [-0.2, 0) is 0 Å². The highest BCUT2D eigenvalue weighted by molar-refractivity contribution is 6.18. The molecule has 0 unspecified atom stereocenters. The van der Waals surface area contributed by atoms with Crippen molar-refractivity contribution in [2.45, 2.75) is 0 Å². The summed E-state index contributed by atoms with van der Waals surface area (Å²) in [4.78, 5) is 10.8. The highest BCUT2D eigenvalue weighted by Crippen LogP contribution is 2.38. The van der Waals surface area contributed by atoms with Gasteiger partial charge in [-0.3, -0.25) is 4.79 Å². The maximum Gasteiger partial charge on any atom is 0.197 e. The van der Waals surface area contributed by atoms with Crippen molar-refractivity contribution in [2.75, 3.05) is 0 Å². The van der Waals surface area contributed by atoms with Gasteiger partial charge in [0.2, 0.25) is 0 Å². The molecule has 0 atom stereocenters. The number of aromatic hydroxyl groups is 2. The van der Waals surface area contributed by atoms with Crippen LogP contribution in [0.25, 0.3) is 0 Å². The highest BCUT2D eigenvalue weighted by Gasteiger charge is 2.27. The predicted molar refractivity (Wildman–Crippen MR) is 33.2 cm³/mol. The molecule has 0 heterocycles. The van der Waals surface area contributed by atoms with Gasteiger partial charge in [-0.15, -0.1) is 0 Å². The third-order valence-corrected chi connectivity index (χ3v) is 1.60. The van der Waals surface area contributed by atoms with Crippen LogP contribution in [0.4, 0.5) is 0 Å². The molecule has 3 rings (SSSR count). The zero-order valence-electron chi connectivity index (χ0n) is 4.96. The Morgan fingerprint density at radius 2 is 1.90 bits per heavy atom. The van der Waals surface area contributed by atoms with Gasteiger partial charge < -0.3 is 10.2 Å². The molecule has 10 heavy (non-hydrogen) atoms. The molecular weight excluding hydrogens is 132 g/mol. The van der Waals surface area contributed by atoms with E-state index < -0.39 is 0 Å². The lowest BCUT2D eigenvalue weighted by Gasteiger charge is -2.15. The minimum absolute atomic E-state index is 0.185. The molecule has 2 bridgehead atoms. The summed E-state index contributed by atoms with van der Waals surface area (Å²) in [6.45, 7) is 0. The van der Waals surface area contributed by atoms with Crippen LogP contribution in [-0.4, -0.2) is 16.0 Å². The Labute approximate surface area is 56.5 Å². The lowest BCUT2D eigenvalue weighted by molar-refractivity contribution is 0.102. The summed E-state index contributed by atoms with van der Waals surface area (Å²) in [6.07, 6.45) is 0. The first kappa shape index (κ1) is 5.29. The zero-order valence-corrected chi connectivity index (χ0v) is 4.96. The molecule has 0 spiro atoms. The Kier molecular flexibility index (Phi) is 0.695. The Bertz CT molecular complexity index is 328. The van der Waals surface area contributed by atoms with Crippen LogP contribution in [0.3, 0.4) is 0 Å². The van der Waals surface area contributed by atoms with Crippen LogP contribution < -0.4 is 0 Å². The summed E-state index contributed by atoms with van der Waals surface area (Å²) in [5.41, 5.74) is 0.681. The third kappa shape index (κ3) is 0.387. The summed E-state index contributed by atoms with van der Waals surface area (Å²) < 4.78 is 0. The molecule has 1 aromatic carbocycles. The molecule has 0 saturated heterocycles. The van der Waals surface area contributed by atoms with Crippen LogP contribution in [0.5, 0.6) is 11.5 Å². The normalized spacial score (nSPS) is 13.0. The molecule has 3 heteroatoms. The van der Waals surface area contributed by atoms with Crippen LogP contribution in [0.2, 0.25) is 0 Å². The second-order valence-corrected chi connectivity index (χ2v) is 2.22. The SMILES string of the molecule is O=C1c2cc(O)c(O)c1c2. The van der Waals surface area contributed by atoms with E-state index in [1.54, 1.807) is 0 Å². The van der Waals surface area contributed by atoms with Crippen molar-refractivity contribution in [1.82, 2.24) is 0 Å². The van der Waals surface area contributed by atoms with Crippen LogP contribution in [0.15, 0.2) is 12.1 Å². The number of phenolic OH excluding ortho intramolecular Hbond substituents is 2. The number of hydrogen-bond acceptors (Lipinski definition) is 3. The van der Waals surface area contributed by atoms with Gasteiger partial charge in [0, 0.05) is 5.56 Å². The summed E-state index contributed by atoms with van der Waals surface area (Å²) in [7, 11) is 0. The van der Waals surface area contributed by atoms with Gasteiger partial charge in [-0.2, -0.15) is 0 Å². The lowest BCUT2D eigenvalue weighted by atomic mass is 9.90. The number of rotatable bonds is 0. The molecule has 0 aromatic heterocycles. The second-order valence-electron chi connectivity index (χ2n) is 2.22. The van der Waals surface area contributed by atoms with E-state index in [2.05, 4.69) is 0 Å². The maximum absolute atomic E-state index is 10.8. The van der Waals surface area contributed by atoms with Gasteiger partial charge in [0.1, 0.15) is 0 Å². The lowest BCUT2D eigenvalue weighted by Crippen LogP contribution is -2.12. The van der Waals surface area contributed by atoms with Crippen LogP contribution >= 0.6 is 0 Å². The molecule has 0 fully saturated rings. The number of carbonyl (C=O) groups is 1. The number of hydrogen-bond donors (Lipinski definition) is 2. The van der Waals surface area contributed by atoms with E-state index in [0.717, 1.165) is 0 Å². The van der Waals surface area contributed by atoms with Gasteiger partial charge in [0.15, 0.2) is 17.3 Å². The van der Waals surface area contributed by atoms with E-state index in [-0.39, 0.29) is 22.8 Å². The first-order valence-electron chi connectivity index (χ1n) is 2.81. The fraction of sp³-hybridized carbons (Fsp3) is 0. The van der Waals surface area contributed by atoms with Crippen molar-refractivity contribution in [3.8, 4) is 11.5 Å². The second kappa shape index (κ2) is 1.31. The molecule has 1 aromatic rings. The van der Waals surface area contributed by atoms with Gasteiger partial charge in [-0.05, 0) is 12.1 Å². The van der Waals surface area contributed by atoms with Gasteiger partial charge in [-0.1, -0.05) is 0 Å². The van der Waals surface area contributed by atoms with Crippen molar-refractivity contribution in [1.29, 1.82) is 0 Å². The van der Waals surface area contributed by atoms with Crippen molar-refractivity contribution in [2.24, 2.45) is 0 Å². The fourth-order valence-electron chi connectivity index (χ4n) is 1.00. The van der Waals surface area contributed by atoms with Crippen molar-refractivity contribution < 1.29 is 15.0 Å². The van der Waals surface area contributed by atoms with E-state index in [9.17, 15) is 4.79 Å². The van der Waals surface area contributed by atoms with Gasteiger partial charge in [0.25, 0.3) is 0 Å². The maximum atomic E-state index is 10.8. The van der Waals surface area contributed by atoms with Gasteiger partial charge in [0.05, 0.1) is 5.56 Å². The average Bonchev–Trinajstić information content (AvgIpc) is 1.92. The molecule has 0 radical (unpaired) electrons. The molecule has 2 aliphatic rings. The monoisotopic (exact) mass is 136 g/mol. The number of phenols is 2. The quantitative estimate of drug-likeness (QED) is 0.522. The first-order valence-corrected chi connectivity index (χ1v) is 2.81. The number of ketones is 1. The van der Waals surface area contributed by atoms with E-state index in [0.29, 0.717) is 5.56 Å². The molecule has 0 saturated carbocycles. The van der Waals surface area contributed by atoms with Gasteiger partial charge in [-0.25, -0.2) is 0 Å². The molecule has 2 aliphatic carbocycles. The number of benzene rings is 1. The summed E-state index contributed by atoms with van der Waals surface area (Å²) >= 11 is 0. The average molecular weight is 136 g/mol. The van der Waals surface area contributed by atoms with Crippen molar-refractivity contribution in [3.63, 3.8) is 0 Å². The summed E-state index contributed by atoms with van der Waals surface area (Å²) in [5, 5.41) is 17.8. The fourth-order valence-corrected chi connectivity index (χ4v) is 1.00. The number of fused-ring (bicyclic) bond motifs is 2. The van der Waals surface area contributed by atoms with Crippen LogP contribution in [0, 0.1) is 0 Å². The Hall–Kier alpha value is -1.51. The topological polar surface area (TPSA) is 57.5 Å². The highest BCUT2D eigenvalue weighted by atomic mass is 16.3. The zero-order chi connectivity index (χ0) is 7.30. The molecule has 2 N–H and O–H groups in total. The van der Waals surface area contributed by atoms with E-state index in [1.165, 1.54) is 12.1 Å². The Balaban J connectivity index is 2.78.